The van der Waals surface area contributed by atoms with E-state index in [1.165, 1.54) is 33.5 Å². The van der Waals surface area contributed by atoms with Crippen LogP contribution < -0.4 is 14.8 Å². The molecule has 8 heteroatoms. The number of methoxy groups -OCH3 is 3. The van der Waals surface area contributed by atoms with E-state index in [4.69, 9.17) is 18.9 Å². The van der Waals surface area contributed by atoms with Gasteiger partial charge >= 0.3 is 11.9 Å². The van der Waals surface area contributed by atoms with E-state index in [9.17, 15) is 14.4 Å². The molecule has 1 aromatic rings. The van der Waals surface area contributed by atoms with E-state index < -0.39 is 30.5 Å². The van der Waals surface area contributed by atoms with Gasteiger partial charge in [-0.15, -0.1) is 0 Å². The molecule has 0 unspecified atom stereocenters. The molecule has 2 atom stereocenters. The van der Waals surface area contributed by atoms with Crippen LogP contribution in [0.3, 0.4) is 0 Å². The van der Waals surface area contributed by atoms with Gasteiger partial charge in [-0.25, -0.2) is 9.59 Å². The first-order valence-electron chi connectivity index (χ1n) is 8.14. The molecule has 0 aliphatic rings. The smallest absolute Gasteiger partial charge is 0.342 e. The van der Waals surface area contributed by atoms with Gasteiger partial charge in [0.15, 0.2) is 6.61 Å². The standard InChI is InChI=1S/C18H25NO7/c1-6-11(2)16(18(22)25-5)19-15(20)10-26-17(21)13-8-7-12(23-3)9-14(13)24-4/h7-9,11,16H,6,10H2,1-5H3,(H,19,20)/t11-,16+/m1/s1. The van der Waals surface area contributed by atoms with Crippen molar-refractivity contribution in [2.24, 2.45) is 5.92 Å². The number of amides is 1. The summed E-state index contributed by atoms with van der Waals surface area (Å²) in [5.41, 5.74) is 0.160. The molecule has 1 amide bonds. The SMILES string of the molecule is CC[C@@H](C)[C@H](NC(=O)COC(=O)c1ccc(OC)cc1OC)C(=O)OC. The Morgan fingerprint density at radius 1 is 1.12 bits per heavy atom. The molecule has 1 rings (SSSR count). The second-order valence-corrected chi connectivity index (χ2v) is 5.60. The van der Waals surface area contributed by atoms with Crippen LogP contribution in [0, 0.1) is 5.92 Å². The van der Waals surface area contributed by atoms with Gasteiger partial charge in [0, 0.05) is 6.07 Å². The molecule has 0 aliphatic carbocycles. The maximum Gasteiger partial charge on any atom is 0.342 e. The topological polar surface area (TPSA) is 100 Å². The number of rotatable bonds is 9. The summed E-state index contributed by atoms with van der Waals surface area (Å²) in [6.07, 6.45) is 0.670. The van der Waals surface area contributed by atoms with E-state index in [1.54, 1.807) is 6.07 Å². The predicted molar refractivity (Wildman–Crippen MR) is 93.2 cm³/mol. The Morgan fingerprint density at radius 3 is 2.35 bits per heavy atom. The molecule has 0 aliphatic heterocycles. The highest BCUT2D eigenvalue weighted by molar-refractivity contribution is 5.94. The van der Waals surface area contributed by atoms with E-state index in [2.05, 4.69) is 5.32 Å². The molecular formula is C18H25NO7. The molecule has 144 valence electrons. The number of ether oxygens (including phenoxy) is 4. The van der Waals surface area contributed by atoms with Crippen molar-refractivity contribution in [1.82, 2.24) is 5.32 Å². The molecule has 1 N–H and O–H groups in total. The summed E-state index contributed by atoms with van der Waals surface area (Å²) in [6.45, 7) is 3.18. The van der Waals surface area contributed by atoms with Gasteiger partial charge in [-0.1, -0.05) is 20.3 Å². The minimum atomic E-state index is -0.799. The number of esters is 2. The van der Waals surface area contributed by atoms with Crippen LogP contribution in [0.4, 0.5) is 0 Å². The molecule has 0 spiro atoms. The van der Waals surface area contributed by atoms with Crippen molar-refractivity contribution in [3.63, 3.8) is 0 Å². The second kappa shape index (κ2) is 10.3. The molecule has 0 saturated heterocycles. The van der Waals surface area contributed by atoms with E-state index in [0.717, 1.165) is 0 Å². The number of hydrogen-bond donors (Lipinski definition) is 1. The minimum absolute atomic E-state index is 0.121. The van der Waals surface area contributed by atoms with E-state index >= 15 is 0 Å². The Morgan fingerprint density at radius 2 is 1.81 bits per heavy atom. The lowest BCUT2D eigenvalue weighted by atomic mass is 9.99. The normalized spacial score (nSPS) is 12.5. The maximum absolute atomic E-state index is 12.2. The van der Waals surface area contributed by atoms with Crippen LogP contribution in [-0.2, 0) is 19.1 Å². The van der Waals surface area contributed by atoms with Crippen LogP contribution in [0.1, 0.15) is 30.6 Å². The van der Waals surface area contributed by atoms with Gasteiger partial charge in [0.2, 0.25) is 0 Å². The zero-order valence-electron chi connectivity index (χ0n) is 15.7. The van der Waals surface area contributed by atoms with Crippen molar-refractivity contribution in [2.75, 3.05) is 27.9 Å². The van der Waals surface area contributed by atoms with Crippen molar-refractivity contribution in [3.05, 3.63) is 23.8 Å². The van der Waals surface area contributed by atoms with Crippen LogP contribution in [0.25, 0.3) is 0 Å². The highest BCUT2D eigenvalue weighted by Crippen LogP contribution is 2.25. The molecule has 0 aromatic heterocycles. The van der Waals surface area contributed by atoms with Gasteiger partial charge in [-0.3, -0.25) is 4.79 Å². The molecule has 8 nitrogen and oxygen atoms in total. The molecule has 0 heterocycles. The molecule has 0 fully saturated rings. The summed E-state index contributed by atoms with van der Waals surface area (Å²) in [6, 6.07) is 3.79. The summed E-state index contributed by atoms with van der Waals surface area (Å²) in [5.74, 6) is -1.20. The van der Waals surface area contributed by atoms with E-state index in [-0.39, 0.29) is 17.2 Å². The zero-order chi connectivity index (χ0) is 19.7. The Bertz CT molecular complexity index is 644. The first-order chi connectivity index (χ1) is 12.4. The minimum Gasteiger partial charge on any atom is -0.497 e. The van der Waals surface area contributed by atoms with Crippen LogP contribution in [0.5, 0.6) is 11.5 Å². The summed E-state index contributed by atoms with van der Waals surface area (Å²) >= 11 is 0. The highest BCUT2D eigenvalue weighted by Gasteiger charge is 2.27. The fourth-order valence-corrected chi connectivity index (χ4v) is 2.19. The molecule has 0 saturated carbocycles. The van der Waals surface area contributed by atoms with Crippen molar-refractivity contribution >= 4 is 17.8 Å². The molecular weight excluding hydrogens is 342 g/mol. The first-order valence-corrected chi connectivity index (χ1v) is 8.14. The van der Waals surface area contributed by atoms with Crippen molar-refractivity contribution in [2.45, 2.75) is 26.3 Å². The zero-order valence-corrected chi connectivity index (χ0v) is 15.7. The summed E-state index contributed by atoms with van der Waals surface area (Å²) in [7, 11) is 4.15. The Labute approximate surface area is 152 Å². The van der Waals surface area contributed by atoms with Crippen LogP contribution in [0.15, 0.2) is 18.2 Å². The lowest BCUT2D eigenvalue weighted by Crippen LogP contribution is -2.47. The molecule has 0 radical (unpaired) electrons. The lowest BCUT2D eigenvalue weighted by molar-refractivity contribution is -0.147. The Kier molecular flexibility index (Phi) is 8.41. The van der Waals surface area contributed by atoms with Crippen LogP contribution in [0.2, 0.25) is 0 Å². The predicted octanol–water partition coefficient (Wildman–Crippen LogP) is 1.56. The number of nitrogens with one attached hydrogen (secondary N) is 1. The molecule has 1 aromatic carbocycles. The van der Waals surface area contributed by atoms with Crippen LogP contribution in [-0.4, -0.2) is 51.8 Å². The van der Waals surface area contributed by atoms with Crippen LogP contribution >= 0.6 is 0 Å². The summed E-state index contributed by atoms with van der Waals surface area (Å²) < 4.78 is 19.9. The fraction of sp³-hybridized carbons (Fsp3) is 0.500. The average molecular weight is 367 g/mol. The maximum atomic E-state index is 12.2. The first kappa shape index (κ1) is 21.3. The van der Waals surface area contributed by atoms with E-state index in [1.807, 2.05) is 13.8 Å². The van der Waals surface area contributed by atoms with Gasteiger partial charge in [0.25, 0.3) is 5.91 Å². The number of carbonyl (C=O) groups is 3. The molecule has 0 bridgehead atoms. The van der Waals surface area contributed by atoms with Gasteiger partial charge in [-0.05, 0) is 18.1 Å². The van der Waals surface area contributed by atoms with Gasteiger partial charge in [0.05, 0.1) is 21.3 Å². The highest BCUT2D eigenvalue weighted by atomic mass is 16.5. The van der Waals surface area contributed by atoms with Gasteiger partial charge in [-0.2, -0.15) is 0 Å². The Hall–Kier alpha value is -2.77. The lowest BCUT2D eigenvalue weighted by Gasteiger charge is -2.21. The van der Waals surface area contributed by atoms with Gasteiger partial charge < -0.3 is 24.3 Å². The third-order valence-corrected chi connectivity index (χ3v) is 3.95. The third-order valence-electron chi connectivity index (χ3n) is 3.95. The quantitative estimate of drug-likeness (QED) is 0.661. The summed E-state index contributed by atoms with van der Waals surface area (Å²) in [5, 5.41) is 2.53. The fourth-order valence-electron chi connectivity index (χ4n) is 2.19. The van der Waals surface area contributed by atoms with Crippen molar-refractivity contribution in [3.8, 4) is 11.5 Å². The number of carbonyl (C=O) groups excluding carboxylic acids is 3. The van der Waals surface area contributed by atoms with Gasteiger partial charge in [0.1, 0.15) is 23.1 Å². The second-order valence-electron chi connectivity index (χ2n) is 5.60. The average Bonchev–Trinajstić information content (AvgIpc) is 2.68. The summed E-state index contributed by atoms with van der Waals surface area (Å²) in [4.78, 5) is 36.0. The van der Waals surface area contributed by atoms with Crippen molar-refractivity contribution in [1.29, 1.82) is 0 Å². The third kappa shape index (κ3) is 5.65. The monoisotopic (exact) mass is 367 g/mol. The number of benzene rings is 1. The van der Waals surface area contributed by atoms with E-state index in [0.29, 0.717) is 12.2 Å². The molecule has 26 heavy (non-hydrogen) atoms. The number of hydrogen-bond acceptors (Lipinski definition) is 7. The Balaban J connectivity index is 2.71. The van der Waals surface area contributed by atoms with Crippen molar-refractivity contribution < 1.29 is 33.3 Å². The largest absolute Gasteiger partial charge is 0.497 e.